The molecule has 0 aliphatic heterocycles. The molecule has 15 heavy (non-hydrogen) atoms. The Bertz CT molecular complexity index is 323. The zero-order valence-electron chi connectivity index (χ0n) is 8.72. The first-order valence-electron chi connectivity index (χ1n) is 4.93. The van der Waals surface area contributed by atoms with E-state index in [9.17, 15) is 4.79 Å². The Morgan fingerprint density at radius 1 is 1.60 bits per heavy atom. The molecule has 0 aromatic carbocycles. The molecule has 0 aliphatic carbocycles. The molecule has 0 saturated carbocycles. The zero-order valence-corrected chi connectivity index (χ0v) is 8.72. The maximum Gasteiger partial charge on any atom is 0.330 e. The molecule has 4 heteroatoms. The second-order valence-corrected chi connectivity index (χ2v) is 2.99. The summed E-state index contributed by atoms with van der Waals surface area (Å²) < 4.78 is 4.94. The van der Waals surface area contributed by atoms with Gasteiger partial charge in [0, 0.05) is 12.3 Å². The molecule has 0 radical (unpaired) electrons. The maximum absolute atomic E-state index is 11.1. The molecule has 0 bridgehead atoms. The molecule has 0 unspecified atom stereocenters. The lowest BCUT2D eigenvalue weighted by atomic mass is 10.3. The Kier molecular flexibility index (Phi) is 5.08. The van der Waals surface area contributed by atoms with Crippen LogP contribution in [0.1, 0.15) is 25.5 Å². The fourth-order valence-corrected chi connectivity index (χ4v) is 0.918. The van der Waals surface area contributed by atoms with Crippen LogP contribution in [-0.4, -0.2) is 22.5 Å². The number of unbranched alkanes of at least 4 members (excludes halogenated alkanes) is 1. The molecule has 0 amide bonds. The molecule has 1 heterocycles. The van der Waals surface area contributed by atoms with E-state index in [0.717, 1.165) is 12.8 Å². The van der Waals surface area contributed by atoms with E-state index in [2.05, 4.69) is 9.97 Å². The van der Waals surface area contributed by atoms with Crippen LogP contribution < -0.4 is 0 Å². The summed E-state index contributed by atoms with van der Waals surface area (Å²) in [5, 5.41) is 0. The molecule has 0 aliphatic rings. The van der Waals surface area contributed by atoms with Crippen molar-refractivity contribution in [3.63, 3.8) is 0 Å². The van der Waals surface area contributed by atoms with Gasteiger partial charge in [-0.3, -0.25) is 0 Å². The van der Waals surface area contributed by atoms with Crippen molar-refractivity contribution in [3.8, 4) is 0 Å². The Morgan fingerprint density at radius 2 is 2.47 bits per heavy atom. The molecule has 4 nitrogen and oxygen atoms in total. The van der Waals surface area contributed by atoms with Crippen molar-refractivity contribution < 1.29 is 9.53 Å². The van der Waals surface area contributed by atoms with Crippen LogP contribution in [0.15, 0.2) is 24.7 Å². The fraction of sp³-hybridized carbons (Fsp3) is 0.364. The largest absolute Gasteiger partial charge is 0.463 e. The molecular weight excluding hydrogens is 192 g/mol. The van der Waals surface area contributed by atoms with E-state index in [4.69, 9.17) is 4.74 Å². The Morgan fingerprint density at radius 3 is 3.13 bits per heavy atom. The molecule has 0 spiro atoms. The number of hydrogen-bond donors (Lipinski definition) is 0. The first-order valence-corrected chi connectivity index (χ1v) is 4.93. The standard InChI is InChI=1S/C11H14N2O2/c1-2-3-8-15-11(14)5-4-10-6-7-12-9-13-10/h4-7,9H,2-3,8H2,1H3. The number of esters is 1. The summed E-state index contributed by atoms with van der Waals surface area (Å²) in [5.41, 5.74) is 0.692. The van der Waals surface area contributed by atoms with Gasteiger partial charge in [0.1, 0.15) is 6.33 Å². The molecule has 1 aromatic heterocycles. The molecule has 80 valence electrons. The summed E-state index contributed by atoms with van der Waals surface area (Å²) in [6.07, 6.45) is 7.95. The minimum absolute atomic E-state index is 0.331. The third kappa shape index (κ3) is 4.90. The lowest BCUT2D eigenvalue weighted by Gasteiger charge is -1.98. The third-order valence-corrected chi connectivity index (χ3v) is 1.74. The van der Waals surface area contributed by atoms with E-state index < -0.39 is 0 Å². The number of carbonyl (C=O) groups excluding carboxylic acids is 1. The number of ether oxygens (including phenoxy) is 1. The predicted octanol–water partition coefficient (Wildman–Crippen LogP) is 1.83. The third-order valence-electron chi connectivity index (χ3n) is 1.74. The monoisotopic (exact) mass is 206 g/mol. The van der Waals surface area contributed by atoms with Crippen LogP contribution in [0.25, 0.3) is 6.08 Å². The van der Waals surface area contributed by atoms with Gasteiger partial charge in [0.2, 0.25) is 0 Å². The summed E-state index contributed by atoms with van der Waals surface area (Å²) in [6.45, 7) is 2.52. The van der Waals surface area contributed by atoms with E-state index in [1.165, 1.54) is 12.4 Å². The highest BCUT2D eigenvalue weighted by Gasteiger charge is 1.95. The lowest BCUT2D eigenvalue weighted by molar-refractivity contribution is -0.137. The van der Waals surface area contributed by atoms with Gasteiger partial charge in [-0.05, 0) is 18.6 Å². The van der Waals surface area contributed by atoms with Gasteiger partial charge in [0.25, 0.3) is 0 Å². The molecule has 0 fully saturated rings. The summed E-state index contributed by atoms with van der Waals surface area (Å²) in [5.74, 6) is -0.331. The van der Waals surface area contributed by atoms with Gasteiger partial charge in [0.05, 0.1) is 12.3 Å². The molecule has 0 saturated heterocycles. The van der Waals surface area contributed by atoms with Crippen LogP contribution in [-0.2, 0) is 9.53 Å². The topological polar surface area (TPSA) is 52.1 Å². The number of hydrogen-bond acceptors (Lipinski definition) is 4. The van der Waals surface area contributed by atoms with Gasteiger partial charge < -0.3 is 4.74 Å². The lowest BCUT2D eigenvalue weighted by Crippen LogP contribution is -2.01. The smallest absolute Gasteiger partial charge is 0.330 e. The van der Waals surface area contributed by atoms with Gasteiger partial charge >= 0.3 is 5.97 Å². The Balaban J connectivity index is 2.34. The van der Waals surface area contributed by atoms with Crippen LogP contribution in [0.3, 0.4) is 0 Å². The highest BCUT2D eigenvalue weighted by molar-refractivity contribution is 5.86. The van der Waals surface area contributed by atoms with Crippen LogP contribution in [0.5, 0.6) is 0 Å². The van der Waals surface area contributed by atoms with Gasteiger partial charge in [0.15, 0.2) is 0 Å². The quantitative estimate of drug-likeness (QED) is 0.419. The number of rotatable bonds is 5. The van der Waals surface area contributed by atoms with Crippen molar-refractivity contribution in [2.24, 2.45) is 0 Å². The van der Waals surface area contributed by atoms with Crippen molar-refractivity contribution >= 4 is 12.0 Å². The first kappa shape index (κ1) is 11.4. The maximum atomic E-state index is 11.1. The van der Waals surface area contributed by atoms with Gasteiger partial charge in [-0.2, -0.15) is 0 Å². The van der Waals surface area contributed by atoms with Crippen molar-refractivity contribution in [2.45, 2.75) is 19.8 Å². The van der Waals surface area contributed by atoms with E-state index >= 15 is 0 Å². The fourth-order valence-electron chi connectivity index (χ4n) is 0.918. The zero-order chi connectivity index (χ0) is 10.9. The first-order chi connectivity index (χ1) is 7.33. The Hall–Kier alpha value is -1.71. The van der Waals surface area contributed by atoms with E-state index in [1.54, 1.807) is 18.3 Å². The number of nitrogens with zero attached hydrogens (tertiary/aromatic N) is 2. The van der Waals surface area contributed by atoms with Gasteiger partial charge in [-0.1, -0.05) is 13.3 Å². The van der Waals surface area contributed by atoms with Crippen molar-refractivity contribution in [2.75, 3.05) is 6.61 Å². The normalized spacial score (nSPS) is 10.5. The van der Waals surface area contributed by atoms with Crippen molar-refractivity contribution in [1.29, 1.82) is 0 Å². The number of aromatic nitrogens is 2. The van der Waals surface area contributed by atoms with Crippen molar-refractivity contribution in [3.05, 3.63) is 30.4 Å². The minimum atomic E-state index is -0.331. The molecule has 1 aromatic rings. The molecule has 0 N–H and O–H groups in total. The average molecular weight is 206 g/mol. The molecule has 0 atom stereocenters. The highest BCUT2D eigenvalue weighted by atomic mass is 16.5. The second kappa shape index (κ2) is 6.70. The second-order valence-electron chi connectivity index (χ2n) is 2.99. The van der Waals surface area contributed by atoms with E-state index in [-0.39, 0.29) is 5.97 Å². The minimum Gasteiger partial charge on any atom is -0.463 e. The van der Waals surface area contributed by atoms with Crippen LogP contribution >= 0.6 is 0 Å². The number of carbonyl (C=O) groups is 1. The predicted molar refractivity (Wildman–Crippen MR) is 56.9 cm³/mol. The van der Waals surface area contributed by atoms with Gasteiger partial charge in [-0.25, -0.2) is 14.8 Å². The molecule has 1 rings (SSSR count). The van der Waals surface area contributed by atoms with Crippen LogP contribution in [0.4, 0.5) is 0 Å². The van der Waals surface area contributed by atoms with E-state index in [1.807, 2.05) is 6.92 Å². The SMILES string of the molecule is CCCCOC(=O)C=Cc1ccncn1. The Labute approximate surface area is 89.0 Å². The molecular formula is C11H14N2O2. The summed E-state index contributed by atoms with van der Waals surface area (Å²) in [4.78, 5) is 18.9. The average Bonchev–Trinajstić information content (AvgIpc) is 2.28. The van der Waals surface area contributed by atoms with Gasteiger partial charge in [-0.15, -0.1) is 0 Å². The summed E-state index contributed by atoms with van der Waals surface area (Å²) >= 11 is 0. The van der Waals surface area contributed by atoms with Crippen LogP contribution in [0, 0.1) is 0 Å². The van der Waals surface area contributed by atoms with Crippen molar-refractivity contribution in [1.82, 2.24) is 9.97 Å². The summed E-state index contributed by atoms with van der Waals surface area (Å²) in [6, 6.07) is 1.72. The highest BCUT2D eigenvalue weighted by Crippen LogP contribution is 1.96. The van der Waals surface area contributed by atoms with Crippen LogP contribution in [0.2, 0.25) is 0 Å². The van der Waals surface area contributed by atoms with E-state index in [0.29, 0.717) is 12.3 Å². The summed E-state index contributed by atoms with van der Waals surface area (Å²) in [7, 11) is 0.